The second-order valence-electron chi connectivity index (χ2n) is 9.09. The van der Waals surface area contributed by atoms with Crippen LogP contribution in [0, 0.1) is 31.5 Å². The molecule has 4 aliphatic rings. The normalized spacial score (nSPS) is 31.4. The van der Waals surface area contributed by atoms with Crippen molar-refractivity contribution in [2.75, 3.05) is 16.8 Å². The van der Waals surface area contributed by atoms with E-state index in [9.17, 15) is 18.8 Å². The van der Waals surface area contributed by atoms with Gasteiger partial charge < -0.3 is 5.32 Å². The molecule has 3 fully saturated rings. The van der Waals surface area contributed by atoms with Gasteiger partial charge in [0, 0.05) is 17.3 Å². The molecule has 3 amide bonds. The number of imide groups is 1. The molecule has 0 aliphatic carbocycles. The Hall–Kier alpha value is -3.06. The highest BCUT2D eigenvalue weighted by Gasteiger charge is 2.74. The number of fused-ring (bicyclic) bond motifs is 7. The lowest BCUT2D eigenvalue weighted by atomic mass is 9.75. The highest BCUT2D eigenvalue weighted by Crippen LogP contribution is 2.61. The summed E-state index contributed by atoms with van der Waals surface area (Å²) in [7, 11) is 0. The summed E-state index contributed by atoms with van der Waals surface area (Å²) in [6, 6.07) is 9.57. The number of benzene rings is 2. The number of amides is 3. The Morgan fingerprint density at radius 2 is 1.87 bits per heavy atom. The first-order valence-corrected chi connectivity index (χ1v) is 10.7. The number of aryl methyl sites for hydroxylation is 2. The van der Waals surface area contributed by atoms with Gasteiger partial charge in [0.2, 0.25) is 17.7 Å². The van der Waals surface area contributed by atoms with Gasteiger partial charge in [-0.25, -0.2) is 9.29 Å². The summed E-state index contributed by atoms with van der Waals surface area (Å²) >= 11 is 0. The van der Waals surface area contributed by atoms with Crippen molar-refractivity contribution in [3.63, 3.8) is 0 Å². The maximum atomic E-state index is 14.6. The van der Waals surface area contributed by atoms with Crippen molar-refractivity contribution < 1.29 is 18.8 Å². The quantitative estimate of drug-likeness (QED) is 0.722. The summed E-state index contributed by atoms with van der Waals surface area (Å²) in [5.41, 5.74) is 2.16. The van der Waals surface area contributed by atoms with E-state index >= 15 is 0 Å². The minimum Gasteiger partial charge on any atom is -0.324 e. The number of hydrogen-bond donors (Lipinski definition) is 1. The zero-order valence-electron chi connectivity index (χ0n) is 17.3. The average molecular weight is 419 g/mol. The Labute approximate surface area is 179 Å². The Morgan fingerprint density at radius 1 is 1.10 bits per heavy atom. The van der Waals surface area contributed by atoms with Gasteiger partial charge in [-0.3, -0.25) is 19.3 Å². The van der Waals surface area contributed by atoms with E-state index in [1.54, 1.807) is 6.07 Å². The standard InChI is InChI=1S/C24H22FN3O3/c1-12-10-13(2)20-14(11-12)24(23(31)26-20)19-18(17-8-5-9-27(17)24)21(29)28(22(19)30)16-7-4-3-6-15(16)25/h3-4,6-7,10-11,17-19H,5,8-9H2,1-2H3,(H,26,31)/t17-,18+,19+,24-/m1/s1. The number of para-hydroxylation sites is 1. The topological polar surface area (TPSA) is 69.7 Å². The van der Waals surface area contributed by atoms with Crippen LogP contribution in [0.1, 0.15) is 29.5 Å². The van der Waals surface area contributed by atoms with E-state index in [0.717, 1.165) is 40.1 Å². The monoisotopic (exact) mass is 419 g/mol. The number of hydrogen-bond acceptors (Lipinski definition) is 4. The maximum absolute atomic E-state index is 14.6. The smallest absolute Gasteiger partial charge is 0.250 e. The molecule has 4 atom stereocenters. The molecule has 1 spiro atoms. The molecule has 4 heterocycles. The molecule has 6 rings (SSSR count). The third-order valence-corrected chi connectivity index (χ3v) is 7.54. The fourth-order valence-electron chi connectivity index (χ4n) is 6.53. The van der Waals surface area contributed by atoms with Crippen LogP contribution < -0.4 is 10.2 Å². The molecule has 2 aromatic rings. The molecule has 0 aromatic heterocycles. The first-order valence-electron chi connectivity index (χ1n) is 10.7. The Balaban J connectivity index is 1.60. The Kier molecular flexibility index (Phi) is 3.62. The van der Waals surface area contributed by atoms with Gasteiger partial charge in [0.15, 0.2) is 0 Å². The number of rotatable bonds is 1. The Morgan fingerprint density at radius 3 is 2.65 bits per heavy atom. The molecular formula is C24H22FN3O3. The first-order chi connectivity index (χ1) is 14.9. The number of nitrogens with one attached hydrogen (secondary N) is 1. The lowest BCUT2D eigenvalue weighted by molar-refractivity contribution is -0.135. The molecule has 1 N–H and O–H groups in total. The van der Waals surface area contributed by atoms with E-state index in [-0.39, 0.29) is 17.6 Å². The molecule has 4 aliphatic heterocycles. The second-order valence-corrected chi connectivity index (χ2v) is 9.09. The molecule has 3 saturated heterocycles. The molecule has 0 saturated carbocycles. The minimum absolute atomic E-state index is 0.0364. The number of carbonyl (C=O) groups excluding carboxylic acids is 3. The van der Waals surface area contributed by atoms with Gasteiger partial charge in [-0.2, -0.15) is 0 Å². The highest BCUT2D eigenvalue weighted by atomic mass is 19.1. The van der Waals surface area contributed by atoms with Crippen molar-refractivity contribution in [1.29, 1.82) is 0 Å². The van der Waals surface area contributed by atoms with E-state index in [4.69, 9.17) is 0 Å². The molecular weight excluding hydrogens is 397 g/mol. The van der Waals surface area contributed by atoms with Gasteiger partial charge in [-0.05, 0) is 50.9 Å². The fraction of sp³-hybridized carbons (Fsp3) is 0.375. The number of carbonyl (C=O) groups is 3. The SMILES string of the molecule is Cc1cc(C)c2c(c1)[C@]1(C(=O)N2)[C@@H]2C(=O)N(c3ccccc3F)C(=O)[C@H]2[C@H]2CCCN21. The Bertz CT molecular complexity index is 1190. The van der Waals surface area contributed by atoms with Gasteiger partial charge in [0.1, 0.15) is 11.4 Å². The van der Waals surface area contributed by atoms with Crippen molar-refractivity contribution in [1.82, 2.24) is 4.90 Å². The van der Waals surface area contributed by atoms with E-state index in [1.807, 2.05) is 26.0 Å². The zero-order chi connectivity index (χ0) is 21.7. The van der Waals surface area contributed by atoms with Gasteiger partial charge >= 0.3 is 0 Å². The molecule has 0 unspecified atom stereocenters. The lowest BCUT2D eigenvalue weighted by Crippen LogP contribution is -2.54. The van der Waals surface area contributed by atoms with Crippen LogP contribution in [-0.2, 0) is 19.9 Å². The van der Waals surface area contributed by atoms with E-state index in [0.29, 0.717) is 6.54 Å². The summed E-state index contributed by atoms with van der Waals surface area (Å²) < 4.78 is 14.6. The van der Waals surface area contributed by atoms with Crippen LogP contribution in [0.25, 0.3) is 0 Å². The van der Waals surface area contributed by atoms with Crippen LogP contribution in [0.3, 0.4) is 0 Å². The number of halogens is 1. The van der Waals surface area contributed by atoms with E-state index < -0.39 is 35.0 Å². The summed E-state index contributed by atoms with van der Waals surface area (Å²) in [4.78, 5) is 44.1. The van der Waals surface area contributed by atoms with Crippen molar-refractivity contribution in [2.45, 2.75) is 38.3 Å². The number of anilines is 2. The van der Waals surface area contributed by atoms with Crippen LogP contribution in [0.4, 0.5) is 15.8 Å². The van der Waals surface area contributed by atoms with Gasteiger partial charge in [-0.1, -0.05) is 29.8 Å². The van der Waals surface area contributed by atoms with Crippen LogP contribution in [0.2, 0.25) is 0 Å². The largest absolute Gasteiger partial charge is 0.324 e. The molecule has 0 radical (unpaired) electrons. The molecule has 31 heavy (non-hydrogen) atoms. The average Bonchev–Trinajstić information content (AvgIpc) is 3.42. The van der Waals surface area contributed by atoms with Crippen LogP contribution in [-0.4, -0.2) is 35.2 Å². The highest BCUT2D eigenvalue weighted by molar-refractivity contribution is 6.26. The summed E-state index contributed by atoms with van der Waals surface area (Å²) in [6.45, 7) is 4.55. The van der Waals surface area contributed by atoms with Crippen LogP contribution in [0.15, 0.2) is 36.4 Å². The maximum Gasteiger partial charge on any atom is 0.250 e. The third-order valence-electron chi connectivity index (χ3n) is 7.54. The molecule has 7 heteroatoms. The van der Waals surface area contributed by atoms with Crippen molar-refractivity contribution >= 4 is 29.1 Å². The molecule has 6 nitrogen and oxygen atoms in total. The third kappa shape index (κ3) is 2.07. The van der Waals surface area contributed by atoms with Crippen LogP contribution >= 0.6 is 0 Å². The van der Waals surface area contributed by atoms with Crippen molar-refractivity contribution in [3.8, 4) is 0 Å². The van der Waals surface area contributed by atoms with E-state index in [2.05, 4.69) is 10.2 Å². The summed E-state index contributed by atoms with van der Waals surface area (Å²) in [5.74, 6) is -3.30. The predicted octanol–water partition coefficient (Wildman–Crippen LogP) is 2.87. The van der Waals surface area contributed by atoms with Gasteiger partial charge in [0.05, 0.1) is 17.5 Å². The van der Waals surface area contributed by atoms with Crippen molar-refractivity contribution in [2.24, 2.45) is 11.8 Å². The van der Waals surface area contributed by atoms with Crippen LogP contribution in [0.5, 0.6) is 0 Å². The summed E-state index contributed by atoms with van der Waals surface area (Å²) in [6.07, 6.45) is 1.59. The van der Waals surface area contributed by atoms with Gasteiger partial charge in [0.25, 0.3) is 0 Å². The molecule has 0 bridgehead atoms. The van der Waals surface area contributed by atoms with Crippen molar-refractivity contribution in [3.05, 3.63) is 58.9 Å². The first kappa shape index (κ1) is 18.7. The molecule has 2 aromatic carbocycles. The lowest BCUT2D eigenvalue weighted by Gasteiger charge is -2.36. The fourth-order valence-corrected chi connectivity index (χ4v) is 6.53. The van der Waals surface area contributed by atoms with E-state index in [1.165, 1.54) is 18.2 Å². The second kappa shape index (κ2) is 6.01. The minimum atomic E-state index is -1.23. The predicted molar refractivity (Wildman–Crippen MR) is 112 cm³/mol. The van der Waals surface area contributed by atoms with Gasteiger partial charge in [-0.15, -0.1) is 0 Å². The number of nitrogens with zero attached hydrogens (tertiary/aromatic N) is 2. The zero-order valence-corrected chi connectivity index (χ0v) is 17.3. The summed E-state index contributed by atoms with van der Waals surface area (Å²) in [5, 5.41) is 3.02. The molecule has 158 valence electrons.